The van der Waals surface area contributed by atoms with Gasteiger partial charge < -0.3 is 24.8 Å². The number of aliphatic hydroxyl groups is 1. The number of benzene rings is 1. The van der Waals surface area contributed by atoms with Crippen molar-refractivity contribution in [1.29, 1.82) is 0 Å². The lowest BCUT2D eigenvalue weighted by atomic mass is 9.72. The normalized spacial score (nSPS) is 12.5. The SMILES string of the molecule is CC(C)(O)C(C)(C)OB(O)c1cc(F)c(B(O)O)cc1F. The second kappa shape index (κ2) is 6.02. The molecule has 0 radical (unpaired) electrons. The van der Waals surface area contributed by atoms with Crippen LogP contribution in [0.2, 0.25) is 0 Å². The van der Waals surface area contributed by atoms with Crippen molar-refractivity contribution < 1.29 is 33.6 Å². The van der Waals surface area contributed by atoms with Crippen LogP contribution >= 0.6 is 0 Å². The van der Waals surface area contributed by atoms with E-state index in [2.05, 4.69) is 0 Å². The maximum absolute atomic E-state index is 13.8. The highest BCUT2D eigenvalue weighted by Crippen LogP contribution is 2.25. The molecule has 9 heteroatoms. The van der Waals surface area contributed by atoms with Crippen LogP contribution in [0.15, 0.2) is 12.1 Å². The number of rotatable bonds is 5. The van der Waals surface area contributed by atoms with Gasteiger partial charge in [-0.15, -0.1) is 0 Å². The van der Waals surface area contributed by atoms with E-state index in [1.54, 1.807) is 0 Å². The van der Waals surface area contributed by atoms with E-state index in [-0.39, 0.29) is 0 Å². The Hall–Kier alpha value is -0.990. The average molecular weight is 302 g/mol. The van der Waals surface area contributed by atoms with Crippen LogP contribution in [-0.4, -0.2) is 45.6 Å². The molecule has 0 spiro atoms. The van der Waals surface area contributed by atoms with Gasteiger partial charge in [0.2, 0.25) is 0 Å². The predicted octanol–water partition coefficient (Wildman–Crippen LogP) is -1.10. The minimum Gasteiger partial charge on any atom is -0.423 e. The van der Waals surface area contributed by atoms with E-state index in [4.69, 9.17) is 14.7 Å². The third-order valence-electron chi connectivity index (χ3n) is 3.54. The molecule has 0 unspecified atom stereocenters. The monoisotopic (exact) mass is 302 g/mol. The minimum absolute atomic E-state index is 0.505. The minimum atomic E-state index is -2.17. The Balaban J connectivity index is 3.09. The Kier molecular flexibility index (Phi) is 5.18. The molecule has 116 valence electrons. The third kappa shape index (κ3) is 4.02. The van der Waals surface area contributed by atoms with Crippen molar-refractivity contribution in [2.75, 3.05) is 0 Å². The second-order valence-electron chi connectivity index (χ2n) is 5.81. The van der Waals surface area contributed by atoms with Crippen molar-refractivity contribution in [3.8, 4) is 0 Å². The summed E-state index contributed by atoms with van der Waals surface area (Å²) in [5, 5.41) is 37.5. The molecule has 0 aromatic heterocycles. The van der Waals surface area contributed by atoms with Crippen molar-refractivity contribution in [2.24, 2.45) is 0 Å². The fraction of sp³-hybridized carbons (Fsp3) is 0.500. The molecule has 5 nitrogen and oxygen atoms in total. The van der Waals surface area contributed by atoms with E-state index in [9.17, 15) is 18.9 Å². The smallest absolute Gasteiger partial charge is 0.423 e. The lowest BCUT2D eigenvalue weighted by Crippen LogP contribution is -2.54. The summed E-state index contributed by atoms with van der Waals surface area (Å²) in [5.74, 6) is -2.15. The maximum Gasteiger partial charge on any atom is 0.494 e. The summed E-state index contributed by atoms with van der Waals surface area (Å²) in [7, 11) is -4.00. The van der Waals surface area contributed by atoms with Gasteiger partial charge in [0, 0.05) is 10.9 Å². The molecule has 0 bridgehead atoms. The molecule has 0 fully saturated rings. The zero-order valence-corrected chi connectivity index (χ0v) is 12.3. The van der Waals surface area contributed by atoms with E-state index >= 15 is 0 Å². The molecule has 0 atom stereocenters. The molecular weight excluding hydrogens is 284 g/mol. The molecule has 1 rings (SSSR count). The molecule has 1 aromatic carbocycles. The molecule has 0 aliphatic carbocycles. The molecule has 0 aliphatic rings. The summed E-state index contributed by atoms with van der Waals surface area (Å²) in [6, 6.07) is 1.19. The van der Waals surface area contributed by atoms with Gasteiger partial charge in [-0.3, -0.25) is 0 Å². The Morgan fingerprint density at radius 3 is 1.81 bits per heavy atom. The molecule has 1 aromatic rings. The van der Waals surface area contributed by atoms with E-state index < -0.39 is 48.0 Å². The highest BCUT2D eigenvalue weighted by molar-refractivity contribution is 6.61. The summed E-state index contributed by atoms with van der Waals surface area (Å²) in [4.78, 5) is 0. The highest BCUT2D eigenvalue weighted by Gasteiger charge is 2.40. The molecule has 0 heterocycles. The van der Waals surface area contributed by atoms with Gasteiger partial charge in [-0.05, 0) is 39.8 Å². The van der Waals surface area contributed by atoms with Gasteiger partial charge in [-0.25, -0.2) is 8.78 Å². The van der Waals surface area contributed by atoms with Crippen LogP contribution in [0.4, 0.5) is 8.78 Å². The molecule has 4 N–H and O–H groups in total. The fourth-order valence-corrected chi connectivity index (χ4v) is 1.45. The average Bonchev–Trinajstić information content (AvgIpc) is 2.29. The number of hydrogen-bond donors (Lipinski definition) is 4. The van der Waals surface area contributed by atoms with Crippen molar-refractivity contribution in [2.45, 2.75) is 38.9 Å². The molecule has 0 aliphatic heterocycles. The number of hydrogen-bond acceptors (Lipinski definition) is 5. The highest BCUT2D eigenvalue weighted by atomic mass is 19.1. The van der Waals surface area contributed by atoms with Gasteiger partial charge in [-0.2, -0.15) is 0 Å². The van der Waals surface area contributed by atoms with Crippen LogP contribution in [0.3, 0.4) is 0 Å². The van der Waals surface area contributed by atoms with Gasteiger partial charge in [0.05, 0.1) is 11.2 Å². The van der Waals surface area contributed by atoms with Gasteiger partial charge in [-0.1, -0.05) is 0 Å². The topological polar surface area (TPSA) is 90.2 Å². The zero-order valence-electron chi connectivity index (χ0n) is 12.3. The van der Waals surface area contributed by atoms with E-state index in [0.717, 1.165) is 0 Å². The first-order valence-electron chi connectivity index (χ1n) is 6.30. The van der Waals surface area contributed by atoms with E-state index in [1.807, 2.05) is 0 Å². The van der Waals surface area contributed by atoms with Gasteiger partial charge in [0.15, 0.2) is 0 Å². The Labute approximate surface area is 122 Å². The standard InChI is InChI=1S/C12H18B2F2O5/c1-11(2,17)12(3,4)21-14(20)8-6-9(15)7(13(18)19)5-10(8)16/h5-6,17-20H,1-4H3. The summed E-state index contributed by atoms with van der Waals surface area (Å²) in [5.41, 5.74) is -3.74. The number of halogens is 2. The first-order valence-corrected chi connectivity index (χ1v) is 6.30. The van der Waals surface area contributed by atoms with Crippen LogP contribution in [0, 0.1) is 11.6 Å². The van der Waals surface area contributed by atoms with Crippen molar-refractivity contribution in [3.63, 3.8) is 0 Å². The van der Waals surface area contributed by atoms with Crippen LogP contribution in [0.25, 0.3) is 0 Å². The van der Waals surface area contributed by atoms with Crippen LogP contribution < -0.4 is 10.9 Å². The zero-order chi connectivity index (χ0) is 16.6. The fourth-order valence-electron chi connectivity index (χ4n) is 1.45. The molecule has 0 amide bonds. The lowest BCUT2D eigenvalue weighted by molar-refractivity contribution is -0.0983. The summed E-state index contributed by atoms with van der Waals surface area (Å²) < 4.78 is 32.6. The summed E-state index contributed by atoms with van der Waals surface area (Å²) in [6.07, 6.45) is 0. The first kappa shape index (κ1) is 18.1. The van der Waals surface area contributed by atoms with Crippen LogP contribution in [0.5, 0.6) is 0 Å². The second-order valence-corrected chi connectivity index (χ2v) is 5.81. The molecule has 0 saturated heterocycles. The Bertz CT molecular complexity index is 517. The van der Waals surface area contributed by atoms with E-state index in [0.29, 0.717) is 12.1 Å². The van der Waals surface area contributed by atoms with E-state index in [1.165, 1.54) is 27.7 Å². The lowest BCUT2D eigenvalue weighted by Gasteiger charge is -2.38. The van der Waals surface area contributed by atoms with Crippen molar-refractivity contribution in [3.05, 3.63) is 23.8 Å². The van der Waals surface area contributed by atoms with Crippen LogP contribution in [0.1, 0.15) is 27.7 Å². The third-order valence-corrected chi connectivity index (χ3v) is 3.54. The summed E-state index contributed by atoms with van der Waals surface area (Å²) >= 11 is 0. The van der Waals surface area contributed by atoms with Crippen molar-refractivity contribution >= 4 is 25.2 Å². The first-order chi connectivity index (χ1) is 9.36. The molecule has 21 heavy (non-hydrogen) atoms. The summed E-state index contributed by atoms with van der Waals surface area (Å²) in [6.45, 7) is 5.86. The largest absolute Gasteiger partial charge is 0.494 e. The Morgan fingerprint density at radius 1 is 0.952 bits per heavy atom. The molecule has 0 saturated carbocycles. The Morgan fingerprint density at radius 2 is 1.38 bits per heavy atom. The van der Waals surface area contributed by atoms with Gasteiger partial charge in [0.1, 0.15) is 11.6 Å². The molecular formula is C12H18B2F2O5. The van der Waals surface area contributed by atoms with Crippen LogP contribution in [-0.2, 0) is 4.65 Å². The van der Waals surface area contributed by atoms with Gasteiger partial charge in [0.25, 0.3) is 0 Å². The van der Waals surface area contributed by atoms with Crippen molar-refractivity contribution in [1.82, 2.24) is 0 Å². The maximum atomic E-state index is 13.8. The quantitative estimate of drug-likeness (QED) is 0.518. The van der Waals surface area contributed by atoms with Gasteiger partial charge >= 0.3 is 14.2 Å². The predicted molar refractivity (Wildman–Crippen MR) is 75.3 cm³/mol.